The van der Waals surface area contributed by atoms with E-state index >= 15 is 0 Å². The predicted octanol–water partition coefficient (Wildman–Crippen LogP) is 2.17. The van der Waals surface area contributed by atoms with E-state index in [1.807, 2.05) is 6.07 Å². The topological polar surface area (TPSA) is 180 Å². The molecule has 0 bridgehead atoms. The first-order valence-corrected chi connectivity index (χ1v) is 13.8. The van der Waals surface area contributed by atoms with Crippen molar-refractivity contribution < 1.29 is 43.1 Å². The zero-order valence-corrected chi connectivity index (χ0v) is 23.7. The minimum Gasteiger partial charge on any atom is -0.462 e. The minimum absolute atomic E-state index is 0.0625. The van der Waals surface area contributed by atoms with Crippen molar-refractivity contribution in [1.82, 2.24) is 9.66 Å². The first-order chi connectivity index (χ1) is 21.5. The maximum absolute atomic E-state index is 14.3. The molecule has 0 amide bonds. The molecule has 0 saturated carbocycles. The van der Waals surface area contributed by atoms with Gasteiger partial charge in [0.2, 0.25) is 6.29 Å². The second-order valence-electron chi connectivity index (χ2n) is 10.3. The number of aliphatic hydroxyl groups is 4. The molecule has 6 atom stereocenters. The van der Waals surface area contributed by atoms with E-state index in [0.717, 1.165) is 17.1 Å². The monoisotopic (exact) mass is 626 g/mol. The lowest BCUT2D eigenvalue weighted by molar-refractivity contribution is -0.277. The summed E-state index contributed by atoms with van der Waals surface area (Å²) in [6, 6.07) is 13.7. The van der Waals surface area contributed by atoms with Crippen LogP contribution in [0.4, 0.5) is 24.7 Å². The molecular formula is C30H29F3N6O6. The molecule has 2 aliphatic rings. The Morgan fingerprint density at radius 2 is 1.78 bits per heavy atom. The van der Waals surface area contributed by atoms with Gasteiger partial charge in [-0.2, -0.15) is 23.5 Å². The summed E-state index contributed by atoms with van der Waals surface area (Å²) in [6.07, 6.45) is -8.18. The molecule has 15 heteroatoms. The Hall–Kier alpha value is -4.59. The first-order valence-electron chi connectivity index (χ1n) is 13.8. The van der Waals surface area contributed by atoms with Gasteiger partial charge in [0.25, 0.3) is 0 Å². The molecule has 1 saturated heterocycles. The number of nitriles is 1. The van der Waals surface area contributed by atoms with Gasteiger partial charge in [-0.3, -0.25) is 5.41 Å². The maximum atomic E-state index is 14.3. The number of aliphatic hydroxyl groups excluding tert-OH is 4. The van der Waals surface area contributed by atoms with E-state index in [9.17, 15) is 33.6 Å². The third-order valence-corrected chi connectivity index (χ3v) is 7.48. The van der Waals surface area contributed by atoms with E-state index in [2.05, 4.69) is 10.1 Å². The molecule has 45 heavy (non-hydrogen) atoms. The Bertz CT molecular complexity index is 1680. The number of nitrogens with zero attached hydrogens (tertiary/aromatic N) is 5. The maximum Gasteiger partial charge on any atom is 0.417 e. The molecule has 3 heterocycles. The summed E-state index contributed by atoms with van der Waals surface area (Å²) < 4.78 is 54.6. The minimum atomic E-state index is -4.77. The Morgan fingerprint density at radius 1 is 1.09 bits per heavy atom. The standard InChI is InChI=1S/C30H29F3N6O6/c1-2-18-11-21(30(31,32)33)23-27(35)38(15-36-28(23)39(18)19-7-3-16(12-34)4-8-19)37-13-17-5-9-20(10-6-17)44-29-26(43)25(42)24(41)22(14-40)45-29/h3-11,13,15,18,22,24-26,29,35,40-43H,2,14H2,1H3. The van der Waals surface area contributed by atoms with Crippen LogP contribution >= 0.6 is 0 Å². The third-order valence-electron chi connectivity index (χ3n) is 7.48. The number of allylic oxidation sites excluding steroid dienone is 1. The number of ether oxygens (including phenoxy) is 2. The van der Waals surface area contributed by atoms with Gasteiger partial charge in [0.15, 0.2) is 5.49 Å². The molecule has 0 spiro atoms. The summed E-state index contributed by atoms with van der Waals surface area (Å²) in [6.45, 7) is 1.13. The molecule has 1 aromatic heterocycles. The van der Waals surface area contributed by atoms with Gasteiger partial charge < -0.3 is 34.8 Å². The van der Waals surface area contributed by atoms with Crippen molar-refractivity contribution in [2.75, 3.05) is 11.5 Å². The summed E-state index contributed by atoms with van der Waals surface area (Å²) in [5.41, 5.74) is -0.615. The van der Waals surface area contributed by atoms with Gasteiger partial charge >= 0.3 is 6.18 Å². The Balaban J connectivity index is 1.42. The van der Waals surface area contributed by atoms with Gasteiger partial charge in [0, 0.05) is 5.69 Å². The summed E-state index contributed by atoms with van der Waals surface area (Å²) in [4.78, 5) is 5.90. The second kappa shape index (κ2) is 12.8. The summed E-state index contributed by atoms with van der Waals surface area (Å²) in [5.74, 6) is 0.140. The van der Waals surface area contributed by atoms with Crippen LogP contribution in [0.15, 0.2) is 66.0 Å². The van der Waals surface area contributed by atoms with Crippen LogP contribution < -0.4 is 15.1 Å². The highest BCUT2D eigenvalue weighted by atomic mass is 19.4. The molecule has 6 unspecified atom stereocenters. The van der Waals surface area contributed by atoms with Crippen molar-refractivity contribution in [3.8, 4) is 11.8 Å². The molecule has 5 N–H and O–H groups in total. The Kier molecular flexibility index (Phi) is 9.05. The van der Waals surface area contributed by atoms with Crippen LogP contribution in [0.3, 0.4) is 0 Å². The fourth-order valence-electron chi connectivity index (χ4n) is 5.08. The van der Waals surface area contributed by atoms with Crippen molar-refractivity contribution in [1.29, 1.82) is 10.7 Å². The fraction of sp³-hybridized carbons (Fsp3) is 0.333. The number of alkyl halides is 3. The van der Waals surface area contributed by atoms with Crippen molar-refractivity contribution in [2.24, 2.45) is 5.10 Å². The molecule has 12 nitrogen and oxygen atoms in total. The number of aromatic nitrogens is 2. The second-order valence-corrected chi connectivity index (χ2v) is 10.3. The fourth-order valence-corrected chi connectivity index (χ4v) is 5.08. The molecule has 1 fully saturated rings. The number of hydrogen-bond acceptors (Lipinski definition) is 11. The number of fused-ring (bicyclic) bond motifs is 1. The average molecular weight is 627 g/mol. The van der Waals surface area contributed by atoms with Crippen LogP contribution in [0.1, 0.15) is 30.0 Å². The molecule has 0 radical (unpaired) electrons. The molecule has 5 rings (SSSR count). The van der Waals surface area contributed by atoms with Crippen molar-refractivity contribution in [3.63, 3.8) is 0 Å². The van der Waals surface area contributed by atoms with Gasteiger partial charge in [-0.25, -0.2) is 9.66 Å². The van der Waals surface area contributed by atoms with Crippen LogP contribution in [0.25, 0.3) is 5.57 Å². The van der Waals surface area contributed by atoms with E-state index in [1.54, 1.807) is 48.2 Å². The van der Waals surface area contributed by atoms with Crippen molar-refractivity contribution in [3.05, 3.63) is 83.1 Å². The van der Waals surface area contributed by atoms with Crippen molar-refractivity contribution in [2.45, 2.75) is 56.3 Å². The number of rotatable bonds is 7. The normalized spacial score (nSPS) is 25.0. The summed E-state index contributed by atoms with van der Waals surface area (Å²) in [7, 11) is 0. The molecule has 3 aromatic rings. The van der Waals surface area contributed by atoms with E-state index < -0.39 is 66.2 Å². The summed E-state index contributed by atoms with van der Waals surface area (Å²) >= 11 is 0. The zero-order valence-electron chi connectivity index (χ0n) is 23.7. The zero-order chi connectivity index (χ0) is 32.5. The highest BCUT2D eigenvalue weighted by Gasteiger charge is 2.45. The molecular weight excluding hydrogens is 597 g/mol. The molecule has 2 aliphatic heterocycles. The van der Waals surface area contributed by atoms with E-state index in [-0.39, 0.29) is 11.6 Å². The number of benzene rings is 2. The average Bonchev–Trinajstić information content (AvgIpc) is 3.04. The molecule has 236 valence electrons. The lowest BCUT2D eigenvalue weighted by Crippen LogP contribution is -2.60. The van der Waals surface area contributed by atoms with Crippen LogP contribution in [0.5, 0.6) is 5.75 Å². The highest BCUT2D eigenvalue weighted by Crippen LogP contribution is 2.43. The number of anilines is 2. The van der Waals surface area contributed by atoms with Gasteiger partial charge in [0.1, 0.15) is 42.3 Å². The van der Waals surface area contributed by atoms with Crippen LogP contribution in [0.2, 0.25) is 0 Å². The Labute approximate surface area is 254 Å². The first kappa shape index (κ1) is 31.8. The van der Waals surface area contributed by atoms with Crippen LogP contribution in [-0.2, 0) is 4.74 Å². The number of halogens is 3. The van der Waals surface area contributed by atoms with Crippen LogP contribution in [0, 0.1) is 16.7 Å². The van der Waals surface area contributed by atoms with Crippen molar-refractivity contribution >= 4 is 23.3 Å². The van der Waals surface area contributed by atoms with E-state index in [1.165, 1.54) is 18.3 Å². The predicted molar refractivity (Wildman–Crippen MR) is 153 cm³/mol. The molecule has 2 aromatic carbocycles. The van der Waals surface area contributed by atoms with Gasteiger partial charge in [-0.05, 0) is 66.6 Å². The number of hydrogen-bond donors (Lipinski definition) is 5. The lowest BCUT2D eigenvalue weighted by atomic mass is 9.96. The largest absolute Gasteiger partial charge is 0.462 e. The van der Waals surface area contributed by atoms with Gasteiger partial charge in [0.05, 0.1) is 41.6 Å². The van der Waals surface area contributed by atoms with E-state index in [0.29, 0.717) is 23.2 Å². The number of nitrogens with one attached hydrogen (secondary N) is 1. The highest BCUT2D eigenvalue weighted by molar-refractivity contribution is 5.84. The quantitative estimate of drug-likeness (QED) is 0.246. The van der Waals surface area contributed by atoms with Gasteiger partial charge in [-0.15, -0.1) is 0 Å². The smallest absolute Gasteiger partial charge is 0.417 e. The van der Waals surface area contributed by atoms with Crippen LogP contribution in [-0.4, -0.2) is 85.8 Å². The third kappa shape index (κ3) is 6.32. The van der Waals surface area contributed by atoms with Gasteiger partial charge in [-0.1, -0.05) is 6.92 Å². The lowest BCUT2D eigenvalue weighted by Gasteiger charge is -2.39. The molecule has 0 aliphatic carbocycles. The Morgan fingerprint density at radius 3 is 2.38 bits per heavy atom. The van der Waals surface area contributed by atoms with E-state index in [4.69, 9.17) is 20.1 Å². The SMILES string of the molecule is CCC1C=C(C(F)(F)F)c2c(ncn(N=Cc3ccc(OC4OC(CO)C(O)C(O)C4O)cc3)c2=N)N1c1ccc(C#N)cc1. The summed E-state index contributed by atoms with van der Waals surface area (Å²) in [5, 5.41) is 61.4.